The summed E-state index contributed by atoms with van der Waals surface area (Å²) in [4.78, 5) is 4.29. The third-order valence-electron chi connectivity index (χ3n) is 2.66. The molecule has 0 aliphatic rings. The van der Waals surface area contributed by atoms with E-state index in [-0.39, 0.29) is 12.4 Å². The molecular weight excluding hydrogens is 245 g/mol. The van der Waals surface area contributed by atoms with Crippen LogP contribution in [0.15, 0.2) is 16.7 Å². The Morgan fingerprint density at radius 3 is 2.62 bits per heavy atom. The Balaban J connectivity index is 0.00000128. The summed E-state index contributed by atoms with van der Waals surface area (Å²) >= 11 is 5.88. The van der Waals surface area contributed by atoms with Crippen molar-refractivity contribution in [2.45, 2.75) is 32.6 Å². The summed E-state index contributed by atoms with van der Waals surface area (Å²) < 4.78 is 5.78. The van der Waals surface area contributed by atoms with Crippen molar-refractivity contribution < 1.29 is 4.42 Å². The Labute approximate surface area is 106 Å². The summed E-state index contributed by atoms with van der Waals surface area (Å²) in [5.41, 5.74) is 3.10. The lowest BCUT2D eigenvalue weighted by molar-refractivity contribution is 0.550. The second kappa shape index (κ2) is 5.55. The van der Waals surface area contributed by atoms with Crippen molar-refractivity contribution in [3.63, 3.8) is 0 Å². The Morgan fingerprint density at radius 1 is 1.31 bits per heavy atom. The second-order valence-electron chi connectivity index (χ2n) is 3.48. The van der Waals surface area contributed by atoms with Crippen LogP contribution in [0.4, 0.5) is 0 Å². The van der Waals surface area contributed by atoms with Crippen LogP contribution in [-0.2, 0) is 18.7 Å². The zero-order valence-electron chi connectivity index (χ0n) is 9.42. The fourth-order valence-corrected chi connectivity index (χ4v) is 2.19. The summed E-state index contributed by atoms with van der Waals surface area (Å²) in [5.74, 6) is 1.50. The molecule has 0 radical (unpaired) electrons. The zero-order chi connectivity index (χ0) is 10.8. The third kappa shape index (κ3) is 2.04. The van der Waals surface area contributed by atoms with Crippen LogP contribution in [0.1, 0.15) is 30.9 Å². The van der Waals surface area contributed by atoms with Gasteiger partial charge in [0.1, 0.15) is 11.3 Å². The van der Waals surface area contributed by atoms with Crippen LogP contribution in [0, 0.1) is 0 Å². The number of hydrogen-bond acceptors (Lipinski definition) is 2. The highest BCUT2D eigenvalue weighted by atomic mass is 35.5. The van der Waals surface area contributed by atoms with Gasteiger partial charge in [-0.25, -0.2) is 0 Å². The number of fused-ring (bicyclic) bond motifs is 1. The van der Waals surface area contributed by atoms with Gasteiger partial charge in [-0.1, -0.05) is 13.8 Å². The molecule has 0 N–H and O–H groups in total. The molecule has 0 aliphatic carbocycles. The number of aryl methyl sites for hydroxylation is 2. The van der Waals surface area contributed by atoms with Gasteiger partial charge in [-0.05, 0) is 12.5 Å². The van der Waals surface area contributed by atoms with Gasteiger partial charge in [0.15, 0.2) is 0 Å². The van der Waals surface area contributed by atoms with Gasteiger partial charge in [0, 0.05) is 23.6 Å². The number of halogens is 2. The topological polar surface area (TPSA) is 26.0 Å². The van der Waals surface area contributed by atoms with Crippen LogP contribution in [0.2, 0.25) is 0 Å². The van der Waals surface area contributed by atoms with E-state index in [9.17, 15) is 0 Å². The van der Waals surface area contributed by atoms with Gasteiger partial charge in [0.05, 0.1) is 11.6 Å². The third-order valence-corrected chi connectivity index (χ3v) is 2.92. The minimum absolute atomic E-state index is 0. The van der Waals surface area contributed by atoms with E-state index in [1.165, 1.54) is 5.56 Å². The number of pyridine rings is 1. The summed E-state index contributed by atoms with van der Waals surface area (Å²) in [6.07, 6.45) is 3.63. The van der Waals surface area contributed by atoms with Crippen molar-refractivity contribution in [2.75, 3.05) is 0 Å². The van der Waals surface area contributed by atoms with Gasteiger partial charge in [-0.15, -0.1) is 24.0 Å². The molecule has 2 nitrogen and oxygen atoms in total. The van der Waals surface area contributed by atoms with Crippen molar-refractivity contribution in [3.8, 4) is 0 Å². The van der Waals surface area contributed by atoms with Gasteiger partial charge in [-0.2, -0.15) is 0 Å². The normalized spacial score (nSPS) is 10.4. The first-order valence-electron chi connectivity index (χ1n) is 5.25. The minimum Gasteiger partial charge on any atom is -0.461 e. The molecule has 2 aromatic rings. The number of furan rings is 1. The fraction of sp³-hybridized carbons (Fsp3) is 0.417. The number of aromatic nitrogens is 1. The molecule has 2 rings (SSSR count). The quantitative estimate of drug-likeness (QED) is 0.776. The Kier molecular flexibility index (Phi) is 4.63. The van der Waals surface area contributed by atoms with Crippen molar-refractivity contribution in [2.24, 2.45) is 0 Å². The molecule has 0 aliphatic heterocycles. The van der Waals surface area contributed by atoms with Crippen molar-refractivity contribution >= 4 is 35.0 Å². The fourth-order valence-electron chi connectivity index (χ4n) is 1.99. The van der Waals surface area contributed by atoms with Crippen LogP contribution in [-0.4, -0.2) is 4.98 Å². The van der Waals surface area contributed by atoms with Crippen molar-refractivity contribution in [3.05, 3.63) is 29.3 Å². The lowest BCUT2D eigenvalue weighted by atomic mass is 10.1. The molecule has 2 aromatic heterocycles. The molecule has 0 saturated carbocycles. The van der Waals surface area contributed by atoms with Gasteiger partial charge >= 0.3 is 0 Å². The predicted octanol–water partition coefficient (Wildman–Crippen LogP) is 4.11. The van der Waals surface area contributed by atoms with E-state index in [4.69, 9.17) is 16.0 Å². The maximum Gasteiger partial charge on any atom is 0.137 e. The molecular formula is C12H15Cl2NO. The van der Waals surface area contributed by atoms with E-state index in [1.807, 2.05) is 6.07 Å². The zero-order valence-corrected chi connectivity index (χ0v) is 11.0. The van der Waals surface area contributed by atoms with Crippen LogP contribution in [0.25, 0.3) is 11.0 Å². The first-order valence-corrected chi connectivity index (χ1v) is 5.79. The molecule has 0 aromatic carbocycles. The summed E-state index contributed by atoms with van der Waals surface area (Å²) in [6, 6.07) is 1.91. The second-order valence-corrected chi connectivity index (χ2v) is 3.74. The summed E-state index contributed by atoms with van der Waals surface area (Å²) in [6.45, 7) is 4.24. The molecule has 0 fully saturated rings. The van der Waals surface area contributed by atoms with Crippen LogP contribution < -0.4 is 0 Å². The maximum absolute atomic E-state index is 5.88. The molecule has 2 heterocycles. The lowest BCUT2D eigenvalue weighted by Crippen LogP contribution is -1.90. The monoisotopic (exact) mass is 259 g/mol. The van der Waals surface area contributed by atoms with Crippen LogP contribution in [0.5, 0.6) is 0 Å². The van der Waals surface area contributed by atoms with E-state index in [2.05, 4.69) is 18.8 Å². The maximum atomic E-state index is 5.88. The highest BCUT2D eigenvalue weighted by Crippen LogP contribution is 2.29. The Hall–Kier alpha value is -0.730. The molecule has 0 spiro atoms. The van der Waals surface area contributed by atoms with Gasteiger partial charge in [-0.3, -0.25) is 4.98 Å². The average Bonchev–Trinajstić information content (AvgIpc) is 2.66. The minimum atomic E-state index is 0. The first kappa shape index (κ1) is 13.3. The van der Waals surface area contributed by atoms with E-state index >= 15 is 0 Å². The average molecular weight is 260 g/mol. The highest BCUT2D eigenvalue weighted by Gasteiger charge is 2.14. The molecule has 0 bridgehead atoms. The largest absolute Gasteiger partial charge is 0.461 e. The number of alkyl halides is 1. The smallest absolute Gasteiger partial charge is 0.137 e. The number of nitrogens with zero attached hydrogens (tertiary/aromatic N) is 1. The van der Waals surface area contributed by atoms with Crippen LogP contribution >= 0.6 is 24.0 Å². The highest BCUT2D eigenvalue weighted by molar-refractivity contribution is 6.17. The molecule has 0 unspecified atom stereocenters. The first-order chi connectivity index (χ1) is 7.31. The molecule has 0 amide bonds. The van der Waals surface area contributed by atoms with E-state index in [1.54, 1.807) is 6.20 Å². The molecule has 16 heavy (non-hydrogen) atoms. The standard InChI is InChI=1S/C12H14ClNO.ClH/c1-3-8-10(4-2)15-11-5-6-14-9(7-13)12(8)11;/h5-6H,3-4,7H2,1-2H3;1H. The van der Waals surface area contributed by atoms with Crippen molar-refractivity contribution in [1.82, 2.24) is 4.98 Å². The van der Waals surface area contributed by atoms with Crippen LogP contribution in [0.3, 0.4) is 0 Å². The van der Waals surface area contributed by atoms with E-state index < -0.39 is 0 Å². The molecule has 0 atom stereocenters. The summed E-state index contributed by atoms with van der Waals surface area (Å²) in [7, 11) is 0. The van der Waals surface area contributed by atoms with Gasteiger partial charge in [0.25, 0.3) is 0 Å². The van der Waals surface area contributed by atoms with Gasteiger partial charge in [0.2, 0.25) is 0 Å². The number of hydrogen-bond donors (Lipinski definition) is 0. The molecule has 4 heteroatoms. The summed E-state index contributed by atoms with van der Waals surface area (Å²) in [5, 5.41) is 1.12. The van der Waals surface area contributed by atoms with E-state index in [0.29, 0.717) is 5.88 Å². The molecule has 0 saturated heterocycles. The number of rotatable bonds is 3. The van der Waals surface area contributed by atoms with E-state index in [0.717, 1.165) is 35.3 Å². The lowest BCUT2D eigenvalue weighted by Gasteiger charge is -1.99. The molecule has 88 valence electrons. The SMILES string of the molecule is CCc1oc2ccnc(CCl)c2c1CC.Cl. The predicted molar refractivity (Wildman–Crippen MR) is 69.6 cm³/mol. The van der Waals surface area contributed by atoms with Crippen molar-refractivity contribution in [1.29, 1.82) is 0 Å². The Bertz CT molecular complexity index is 479. The van der Waals surface area contributed by atoms with Gasteiger partial charge < -0.3 is 4.42 Å². The Morgan fingerprint density at radius 2 is 2.06 bits per heavy atom.